The minimum Gasteiger partial charge on any atom is -0.382 e. The highest BCUT2D eigenvalue weighted by molar-refractivity contribution is 6.10. The van der Waals surface area contributed by atoms with Gasteiger partial charge in [-0.25, -0.2) is 0 Å². The fourth-order valence-corrected chi connectivity index (χ4v) is 2.42. The smallest absolute Gasteiger partial charge is 0.282 e. The molecule has 27 heavy (non-hydrogen) atoms. The van der Waals surface area contributed by atoms with E-state index in [4.69, 9.17) is 4.74 Å². The average molecular weight is 371 g/mol. The molecule has 0 atom stereocenters. The molecule has 0 unspecified atom stereocenters. The zero-order valence-corrected chi connectivity index (χ0v) is 14.9. The second-order valence-electron chi connectivity index (χ2n) is 5.58. The van der Waals surface area contributed by atoms with E-state index in [1.54, 1.807) is 30.3 Å². The first-order chi connectivity index (χ1) is 13.0. The number of carbonyl (C=O) groups excluding carboxylic acids is 2. The number of hydrogen-bond donors (Lipinski definition) is 2. The van der Waals surface area contributed by atoms with E-state index in [0.29, 0.717) is 26.2 Å². The molecule has 2 aromatic rings. The van der Waals surface area contributed by atoms with Gasteiger partial charge in [-0.1, -0.05) is 24.3 Å². The number of hydrogen-bond acceptors (Lipinski definition) is 5. The van der Waals surface area contributed by atoms with E-state index in [0.717, 1.165) is 0 Å². The summed E-state index contributed by atoms with van der Waals surface area (Å²) in [4.78, 5) is 35.3. The first-order valence-corrected chi connectivity index (χ1v) is 8.54. The summed E-state index contributed by atoms with van der Waals surface area (Å²) >= 11 is 0. The lowest BCUT2D eigenvalue weighted by Gasteiger charge is -2.11. The Kier molecular flexibility index (Phi) is 7.45. The molecule has 0 aliphatic heterocycles. The molecule has 2 rings (SSSR count). The van der Waals surface area contributed by atoms with Crippen LogP contribution in [0.4, 0.5) is 11.4 Å². The van der Waals surface area contributed by atoms with Crippen LogP contribution in [-0.4, -0.2) is 36.5 Å². The Bertz CT molecular complexity index is 822. The van der Waals surface area contributed by atoms with Crippen molar-refractivity contribution in [2.24, 2.45) is 0 Å². The van der Waals surface area contributed by atoms with Crippen molar-refractivity contribution in [2.75, 3.05) is 25.1 Å². The van der Waals surface area contributed by atoms with E-state index in [2.05, 4.69) is 10.6 Å². The highest BCUT2D eigenvalue weighted by Gasteiger charge is 2.21. The molecule has 0 bridgehead atoms. The summed E-state index contributed by atoms with van der Waals surface area (Å²) in [6.45, 7) is 3.50. The number of carbonyl (C=O) groups is 2. The van der Waals surface area contributed by atoms with Crippen LogP contribution < -0.4 is 10.6 Å². The summed E-state index contributed by atoms with van der Waals surface area (Å²) in [5, 5.41) is 16.4. The number of nitro benzene ring substituents is 1. The summed E-state index contributed by atoms with van der Waals surface area (Å²) in [5.74, 6) is -0.996. The molecule has 142 valence electrons. The lowest BCUT2D eigenvalue weighted by atomic mass is 10.1. The van der Waals surface area contributed by atoms with Crippen LogP contribution in [0.5, 0.6) is 0 Å². The van der Waals surface area contributed by atoms with E-state index < -0.39 is 10.8 Å². The van der Waals surface area contributed by atoms with Gasteiger partial charge in [0.25, 0.3) is 17.5 Å². The Balaban J connectivity index is 2.10. The van der Waals surface area contributed by atoms with Gasteiger partial charge >= 0.3 is 0 Å². The fraction of sp³-hybridized carbons (Fsp3) is 0.263. The maximum Gasteiger partial charge on any atom is 0.282 e. The van der Waals surface area contributed by atoms with Crippen LogP contribution in [0.1, 0.15) is 34.1 Å². The molecule has 2 N–H and O–H groups in total. The third-order valence-electron chi connectivity index (χ3n) is 3.72. The molecule has 0 aromatic heterocycles. The molecule has 2 amide bonds. The van der Waals surface area contributed by atoms with Gasteiger partial charge in [-0.2, -0.15) is 0 Å². The molecule has 0 saturated carbocycles. The van der Waals surface area contributed by atoms with Crippen molar-refractivity contribution < 1.29 is 19.2 Å². The molecular weight excluding hydrogens is 350 g/mol. The molecule has 0 aliphatic rings. The molecule has 0 aliphatic carbocycles. The normalized spacial score (nSPS) is 10.3. The SMILES string of the molecule is CCOCCCNC(=O)c1ccccc1NC(=O)c1ccccc1[N+](=O)[O-]. The number of rotatable bonds is 9. The van der Waals surface area contributed by atoms with Crippen LogP contribution in [0.2, 0.25) is 0 Å². The van der Waals surface area contributed by atoms with Gasteiger partial charge in [0.15, 0.2) is 0 Å². The van der Waals surface area contributed by atoms with Crippen molar-refractivity contribution in [3.63, 3.8) is 0 Å². The van der Waals surface area contributed by atoms with Gasteiger partial charge in [0, 0.05) is 25.8 Å². The molecule has 0 spiro atoms. The van der Waals surface area contributed by atoms with Crippen LogP contribution in [0.25, 0.3) is 0 Å². The van der Waals surface area contributed by atoms with E-state index >= 15 is 0 Å². The maximum atomic E-state index is 12.5. The molecule has 8 nitrogen and oxygen atoms in total. The number of nitrogens with zero attached hydrogens (tertiary/aromatic N) is 1. The first-order valence-electron chi connectivity index (χ1n) is 8.54. The van der Waals surface area contributed by atoms with Gasteiger partial charge in [-0.05, 0) is 31.5 Å². The van der Waals surface area contributed by atoms with Crippen LogP contribution >= 0.6 is 0 Å². The fourth-order valence-electron chi connectivity index (χ4n) is 2.42. The number of ether oxygens (including phenoxy) is 1. The topological polar surface area (TPSA) is 111 Å². The van der Waals surface area contributed by atoms with Crippen molar-refractivity contribution in [2.45, 2.75) is 13.3 Å². The molecule has 0 radical (unpaired) electrons. The number of benzene rings is 2. The second kappa shape index (κ2) is 10.0. The Hall–Kier alpha value is -3.26. The lowest BCUT2D eigenvalue weighted by molar-refractivity contribution is -0.385. The molecule has 0 heterocycles. The minimum atomic E-state index is -0.654. The molecule has 0 fully saturated rings. The summed E-state index contributed by atoms with van der Waals surface area (Å²) in [6.07, 6.45) is 0.671. The average Bonchev–Trinajstić information content (AvgIpc) is 2.68. The number of nitro groups is 1. The zero-order valence-electron chi connectivity index (χ0n) is 14.9. The van der Waals surface area contributed by atoms with Crippen molar-refractivity contribution in [3.05, 3.63) is 69.8 Å². The highest BCUT2D eigenvalue weighted by atomic mass is 16.6. The highest BCUT2D eigenvalue weighted by Crippen LogP contribution is 2.21. The minimum absolute atomic E-state index is 0.0746. The van der Waals surface area contributed by atoms with E-state index in [1.807, 2.05) is 6.92 Å². The van der Waals surface area contributed by atoms with Crippen molar-refractivity contribution in [1.82, 2.24) is 5.32 Å². The van der Waals surface area contributed by atoms with Gasteiger partial charge in [-0.3, -0.25) is 19.7 Å². The Morgan fingerprint density at radius 2 is 1.70 bits per heavy atom. The molecule has 2 aromatic carbocycles. The van der Waals surface area contributed by atoms with Gasteiger partial charge in [0.1, 0.15) is 5.56 Å². The summed E-state index contributed by atoms with van der Waals surface area (Å²) < 4.78 is 5.21. The van der Waals surface area contributed by atoms with Crippen LogP contribution in [-0.2, 0) is 4.74 Å². The Morgan fingerprint density at radius 1 is 1.04 bits per heavy atom. The van der Waals surface area contributed by atoms with E-state index in [9.17, 15) is 19.7 Å². The van der Waals surface area contributed by atoms with Crippen molar-refractivity contribution in [1.29, 1.82) is 0 Å². The standard InChI is InChI=1S/C19H21N3O5/c1-2-27-13-7-12-20-18(23)14-8-3-5-10-16(14)21-19(24)15-9-4-6-11-17(15)22(25)26/h3-6,8-11H,2,7,12-13H2,1H3,(H,20,23)(H,21,24). The van der Waals surface area contributed by atoms with Gasteiger partial charge in [-0.15, -0.1) is 0 Å². The van der Waals surface area contributed by atoms with E-state index in [1.165, 1.54) is 18.2 Å². The Labute approximate surface area is 156 Å². The quantitative estimate of drug-likeness (QED) is 0.400. The first kappa shape index (κ1) is 20.1. The zero-order chi connectivity index (χ0) is 19.6. The predicted octanol–water partition coefficient (Wildman–Crippen LogP) is 3.00. The van der Waals surface area contributed by atoms with Crippen LogP contribution in [0.3, 0.4) is 0 Å². The molecule has 0 saturated heterocycles. The second-order valence-corrected chi connectivity index (χ2v) is 5.58. The predicted molar refractivity (Wildman–Crippen MR) is 101 cm³/mol. The van der Waals surface area contributed by atoms with E-state index in [-0.39, 0.29) is 28.4 Å². The number of para-hydroxylation sites is 2. The summed E-state index contributed by atoms with van der Waals surface area (Å²) in [6, 6.07) is 12.1. The third kappa shape index (κ3) is 5.61. The summed E-state index contributed by atoms with van der Waals surface area (Å²) in [7, 11) is 0. The Morgan fingerprint density at radius 3 is 2.41 bits per heavy atom. The van der Waals surface area contributed by atoms with Crippen molar-refractivity contribution in [3.8, 4) is 0 Å². The largest absolute Gasteiger partial charge is 0.382 e. The van der Waals surface area contributed by atoms with Crippen molar-refractivity contribution >= 4 is 23.2 Å². The molecule has 8 heteroatoms. The van der Waals surface area contributed by atoms with Crippen LogP contribution in [0.15, 0.2) is 48.5 Å². The van der Waals surface area contributed by atoms with Gasteiger partial charge in [0.2, 0.25) is 0 Å². The number of anilines is 1. The van der Waals surface area contributed by atoms with Crippen LogP contribution in [0, 0.1) is 10.1 Å². The third-order valence-corrected chi connectivity index (χ3v) is 3.72. The van der Waals surface area contributed by atoms with Gasteiger partial charge in [0.05, 0.1) is 16.2 Å². The monoisotopic (exact) mass is 371 g/mol. The molecular formula is C19H21N3O5. The number of amides is 2. The lowest BCUT2D eigenvalue weighted by Crippen LogP contribution is -2.27. The summed E-state index contributed by atoms with van der Waals surface area (Å²) in [5.41, 5.74) is 0.186. The maximum absolute atomic E-state index is 12.5. The number of nitrogens with one attached hydrogen (secondary N) is 2. The van der Waals surface area contributed by atoms with Gasteiger partial charge < -0.3 is 15.4 Å².